The van der Waals surface area contributed by atoms with Crippen LogP contribution in [-0.2, 0) is 4.79 Å². The molecule has 4 heteroatoms. The molecule has 2 aliphatic rings. The van der Waals surface area contributed by atoms with Gasteiger partial charge in [0.1, 0.15) is 0 Å². The first-order chi connectivity index (χ1) is 9.68. The highest BCUT2D eigenvalue weighted by Gasteiger charge is 2.38. The monoisotopic (exact) mass is 296 g/mol. The van der Waals surface area contributed by atoms with Crippen LogP contribution in [-0.4, -0.2) is 47.2 Å². The lowest BCUT2D eigenvalue weighted by Crippen LogP contribution is -2.56. The summed E-state index contributed by atoms with van der Waals surface area (Å²) in [4.78, 5) is 14.7. The fourth-order valence-electron chi connectivity index (χ4n) is 3.24. The van der Waals surface area contributed by atoms with Crippen LogP contribution in [0.15, 0.2) is 0 Å². The molecular weight excluding hydrogens is 264 g/mol. The molecule has 2 rings (SSSR count). The van der Waals surface area contributed by atoms with Gasteiger partial charge in [-0.1, -0.05) is 20.8 Å². The first-order valence-corrected chi connectivity index (χ1v) is 8.41. The van der Waals surface area contributed by atoms with Crippen molar-refractivity contribution in [2.45, 2.75) is 72.1 Å². The van der Waals surface area contributed by atoms with E-state index < -0.39 is 0 Å². The summed E-state index contributed by atoms with van der Waals surface area (Å²) < 4.78 is 0. The van der Waals surface area contributed by atoms with Crippen LogP contribution in [0.4, 0.5) is 0 Å². The second-order valence-electron chi connectivity index (χ2n) is 8.19. The Labute approximate surface area is 129 Å². The lowest BCUT2D eigenvalue weighted by Gasteiger charge is -2.42. The van der Waals surface area contributed by atoms with Gasteiger partial charge in [0.2, 0.25) is 5.91 Å². The topological polar surface area (TPSA) is 52.6 Å². The van der Waals surface area contributed by atoms with Crippen LogP contribution in [0, 0.1) is 17.3 Å². The van der Waals surface area contributed by atoms with Gasteiger partial charge in [0.05, 0.1) is 6.10 Å². The number of piperidine rings is 1. The van der Waals surface area contributed by atoms with Gasteiger partial charge in [-0.2, -0.15) is 0 Å². The van der Waals surface area contributed by atoms with Gasteiger partial charge in [0, 0.05) is 30.6 Å². The van der Waals surface area contributed by atoms with Gasteiger partial charge in [-0.25, -0.2) is 0 Å². The Morgan fingerprint density at radius 3 is 2.29 bits per heavy atom. The number of aliphatic hydroxyl groups excluding tert-OH is 1. The predicted octanol–water partition coefficient (Wildman–Crippen LogP) is 2.02. The first kappa shape index (κ1) is 16.8. The molecule has 0 spiro atoms. The quantitative estimate of drug-likeness (QED) is 0.834. The summed E-state index contributed by atoms with van der Waals surface area (Å²) in [5.74, 6) is 1.18. The molecule has 4 nitrogen and oxygen atoms in total. The predicted molar refractivity (Wildman–Crippen MR) is 84.9 cm³/mol. The van der Waals surface area contributed by atoms with Crippen molar-refractivity contribution in [3.8, 4) is 0 Å². The number of hydrogen-bond acceptors (Lipinski definition) is 3. The fraction of sp³-hybridized carbons (Fsp3) is 0.941. The van der Waals surface area contributed by atoms with Crippen molar-refractivity contribution < 1.29 is 9.90 Å². The van der Waals surface area contributed by atoms with E-state index in [0.29, 0.717) is 6.04 Å². The van der Waals surface area contributed by atoms with Crippen LogP contribution >= 0.6 is 0 Å². The molecule has 1 aliphatic carbocycles. The second kappa shape index (κ2) is 6.25. The largest absolute Gasteiger partial charge is 0.393 e. The number of nitrogens with one attached hydrogen (secondary N) is 1. The highest BCUT2D eigenvalue weighted by molar-refractivity contribution is 5.81. The van der Waals surface area contributed by atoms with Crippen LogP contribution in [0.5, 0.6) is 0 Å². The molecule has 122 valence electrons. The van der Waals surface area contributed by atoms with E-state index in [1.807, 2.05) is 27.7 Å². The average molecular weight is 296 g/mol. The molecule has 0 radical (unpaired) electrons. The molecule has 4 atom stereocenters. The second-order valence-corrected chi connectivity index (χ2v) is 8.19. The lowest BCUT2D eigenvalue weighted by atomic mass is 9.87. The maximum atomic E-state index is 12.2. The van der Waals surface area contributed by atoms with E-state index in [9.17, 15) is 9.90 Å². The van der Waals surface area contributed by atoms with E-state index in [1.54, 1.807) is 0 Å². The summed E-state index contributed by atoms with van der Waals surface area (Å²) in [6.07, 6.45) is 3.23. The summed E-state index contributed by atoms with van der Waals surface area (Å²) in [6, 6.07) is 0.729. The summed E-state index contributed by atoms with van der Waals surface area (Å²) >= 11 is 0. The number of hydrogen-bond donors (Lipinski definition) is 2. The smallest absolute Gasteiger partial charge is 0.225 e. The molecule has 4 unspecified atom stereocenters. The van der Waals surface area contributed by atoms with Crippen LogP contribution in [0.25, 0.3) is 0 Å². The van der Waals surface area contributed by atoms with E-state index in [2.05, 4.69) is 17.1 Å². The Morgan fingerprint density at radius 2 is 1.81 bits per heavy atom. The van der Waals surface area contributed by atoms with Gasteiger partial charge < -0.3 is 10.4 Å². The number of amides is 1. The zero-order valence-corrected chi connectivity index (χ0v) is 14.2. The first-order valence-electron chi connectivity index (χ1n) is 8.41. The molecule has 21 heavy (non-hydrogen) atoms. The maximum absolute atomic E-state index is 12.2. The van der Waals surface area contributed by atoms with Crippen molar-refractivity contribution in [1.82, 2.24) is 10.2 Å². The molecule has 0 aromatic heterocycles. The Morgan fingerprint density at radius 1 is 1.19 bits per heavy atom. The molecule has 0 aromatic carbocycles. The summed E-state index contributed by atoms with van der Waals surface area (Å²) in [5, 5.41) is 13.2. The third-order valence-electron chi connectivity index (χ3n) is 5.09. The third-order valence-corrected chi connectivity index (χ3v) is 5.09. The highest BCUT2D eigenvalue weighted by atomic mass is 16.3. The Kier molecular flexibility index (Phi) is 4.99. The van der Waals surface area contributed by atoms with Crippen LogP contribution in [0.1, 0.15) is 53.9 Å². The summed E-state index contributed by atoms with van der Waals surface area (Å²) in [5.41, 5.74) is -0.356. The summed E-state index contributed by atoms with van der Waals surface area (Å²) in [7, 11) is 0. The number of likely N-dealkylation sites (tertiary alicyclic amines) is 1. The van der Waals surface area contributed by atoms with Crippen molar-refractivity contribution in [3.05, 3.63) is 0 Å². The van der Waals surface area contributed by atoms with Crippen molar-refractivity contribution in [2.75, 3.05) is 13.1 Å². The van der Waals surface area contributed by atoms with Crippen molar-refractivity contribution >= 4 is 5.91 Å². The molecule has 2 fully saturated rings. The molecule has 1 amide bonds. The molecule has 1 saturated heterocycles. The number of carbonyl (C=O) groups is 1. The molecule has 2 N–H and O–H groups in total. The van der Waals surface area contributed by atoms with Gasteiger partial charge in [0.25, 0.3) is 0 Å². The zero-order valence-electron chi connectivity index (χ0n) is 14.2. The molecule has 1 saturated carbocycles. The van der Waals surface area contributed by atoms with Crippen molar-refractivity contribution in [3.63, 3.8) is 0 Å². The average Bonchev–Trinajstić information content (AvgIpc) is 3.20. The van der Waals surface area contributed by atoms with E-state index in [4.69, 9.17) is 0 Å². The molecule has 0 aromatic rings. The van der Waals surface area contributed by atoms with Crippen molar-refractivity contribution in [2.24, 2.45) is 17.3 Å². The van der Waals surface area contributed by atoms with E-state index in [1.165, 1.54) is 12.8 Å². The van der Waals surface area contributed by atoms with Gasteiger partial charge >= 0.3 is 0 Å². The van der Waals surface area contributed by atoms with E-state index in [0.717, 1.165) is 25.4 Å². The minimum absolute atomic E-state index is 0.109. The number of aliphatic hydroxyl groups is 1. The van der Waals surface area contributed by atoms with Crippen LogP contribution in [0.2, 0.25) is 0 Å². The molecule has 1 heterocycles. The SMILES string of the molecule is CC(O)C1CC(NC(=O)C(C)(C)C)CN(C(C)C2CC2)C1. The minimum Gasteiger partial charge on any atom is -0.393 e. The van der Waals surface area contributed by atoms with Crippen molar-refractivity contribution in [1.29, 1.82) is 0 Å². The molecule has 0 bridgehead atoms. The lowest BCUT2D eigenvalue weighted by molar-refractivity contribution is -0.130. The number of nitrogens with zero attached hydrogens (tertiary/aromatic N) is 1. The number of carbonyl (C=O) groups excluding carboxylic acids is 1. The Bertz CT molecular complexity index is 371. The summed E-state index contributed by atoms with van der Waals surface area (Å²) in [6.45, 7) is 11.9. The minimum atomic E-state index is -0.356. The van der Waals surface area contributed by atoms with E-state index in [-0.39, 0.29) is 29.4 Å². The Balaban J connectivity index is 2.00. The van der Waals surface area contributed by atoms with Gasteiger partial charge in [-0.15, -0.1) is 0 Å². The van der Waals surface area contributed by atoms with E-state index >= 15 is 0 Å². The van der Waals surface area contributed by atoms with Gasteiger partial charge in [-0.05, 0) is 44.9 Å². The highest BCUT2D eigenvalue weighted by Crippen LogP contribution is 2.37. The van der Waals surface area contributed by atoms with Gasteiger partial charge in [0.15, 0.2) is 0 Å². The van der Waals surface area contributed by atoms with Crippen LogP contribution < -0.4 is 5.32 Å². The molecular formula is C17H32N2O2. The molecule has 1 aliphatic heterocycles. The third kappa shape index (κ3) is 4.43. The fourth-order valence-corrected chi connectivity index (χ4v) is 3.24. The number of rotatable bonds is 4. The standard InChI is InChI=1S/C17H32N2O2/c1-11(13-6-7-13)19-9-14(12(2)20)8-15(10-19)18-16(21)17(3,4)5/h11-15,20H,6-10H2,1-5H3,(H,18,21). The maximum Gasteiger partial charge on any atom is 0.225 e. The Hall–Kier alpha value is -0.610. The van der Waals surface area contributed by atoms with Crippen LogP contribution in [0.3, 0.4) is 0 Å². The zero-order chi connectivity index (χ0) is 15.8. The van der Waals surface area contributed by atoms with Gasteiger partial charge in [-0.3, -0.25) is 9.69 Å². The normalized spacial score (nSPS) is 30.8.